The molecule has 0 aromatic carbocycles. The summed E-state index contributed by atoms with van der Waals surface area (Å²) in [5.41, 5.74) is 0. The molecule has 0 radical (unpaired) electrons. The number of imide groups is 2. The molecule has 1 saturated heterocycles. The molecule has 1 fully saturated rings. The number of hydrogen-bond acceptors (Lipinski definition) is 6. The van der Waals surface area contributed by atoms with Gasteiger partial charge in [0.2, 0.25) is 0 Å². The van der Waals surface area contributed by atoms with Gasteiger partial charge in [0.25, 0.3) is 0 Å². The van der Waals surface area contributed by atoms with E-state index < -0.39 is 22.6 Å². The van der Waals surface area contributed by atoms with E-state index in [-0.39, 0.29) is 6.54 Å². The molecule has 15 heavy (non-hydrogen) atoms. The summed E-state index contributed by atoms with van der Waals surface area (Å²) in [7, 11) is 0. The predicted octanol–water partition coefficient (Wildman–Crippen LogP) is 0.258. The Balaban J connectivity index is 2.73. The minimum Gasteiger partial charge on any atom is -0.269 e. The molecule has 0 atom stereocenters. The average molecular weight is 231 g/mol. The van der Waals surface area contributed by atoms with Crippen molar-refractivity contribution in [3.63, 3.8) is 0 Å². The van der Waals surface area contributed by atoms with Crippen LogP contribution in [0.25, 0.3) is 0 Å². The molecule has 1 heterocycles. The summed E-state index contributed by atoms with van der Waals surface area (Å²) in [6, 6.07) is -0.760. The number of nitrogens with one attached hydrogen (secondary N) is 1. The number of nitroso groups, excluding NO2 is 1. The van der Waals surface area contributed by atoms with Crippen LogP contribution in [-0.2, 0) is 9.59 Å². The van der Waals surface area contributed by atoms with Gasteiger partial charge in [0.05, 0.1) is 4.75 Å². The molecule has 0 saturated carbocycles. The largest absolute Gasteiger partial charge is 0.331 e. The number of rotatable bonds is 4. The van der Waals surface area contributed by atoms with Crippen molar-refractivity contribution in [3.05, 3.63) is 4.91 Å². The van der Waals surface area contributed by atoms with E-state index in [1.54, 1.807) is 13.8 Å². The fraction of sp³-hybridized carbons (Fsp3) is 0.571. The normalized spacial score (nSPS) is 16.9. The highest BCUT2D eigenvalue weighted by molar-refractivity contribution is 7.99. The average Bonchev–Trinajstić information content (AvgIpc) is 2.32. The summed E-state index contributed by atoms with van der Waals surface area (Å²) in [6.07, 6.45) is 0. The molecular formula is C7H9N3O4S. The van der Waals surface area contributed by atoms with E-state index in [2.05, 4.69) is 4.58 Å². The zero-order valence-corrected chi connectivity index (χ0v) is 8.96. The monoisotopic (exact) mass is 231 g/mol. The third kappa shape index (κ3) is 2.52. The Morgan fingerprint density at radius 3 is 2.40 bits per heavy atom. The lowest BCUT2D eigenvalue weighted by Crippen LogP contribution is -2.40. The lowest BCUT2D eigenvalue weighted by atomic mass is 10.2. The van der Waals surface area contributed by atoms with Crippen molar-refractivity contribution in [2.75, 3.05) is 6.54 Å². The molecule has 1 aliphatic rings. The summed E-state index contributed by atoms with van der Waals surface area (Å²) < 4.78 is 1.92. The summed E-state index contributed by atoms with van der Waals surface area (Å²) in [4.78, 5) is 44.0. The fourth-order valence-corrected chi connectivity index (χ4v) is 1.48. The molecule has 82 valence electrons. The van der Waals surface area contributed by atoms with Crippen LogP contribution in [0.2, 0.25) is 0 Å². The molecule has 1 aliphatic heterocycles. The number of amides is 4. The Bertz CT molecular complexity index is 341. The Morgan fingerprint density at radius 2 is 2.00 bits per heavy atom. The van der Waals surface area contributed by atoms with Crippen molar-refractivity contribution >= 4 is 29.8 Å². The molecule has 1 N–H and O–H groups in total. The van der Waals surface area contributed by atoms with Crippen LogP contribution >= 0.6 is 11.9 Å². The molecular weight excluding hydrogens is 222 g/mol. The second kappa shape index (κ2) is 3.97. The standard InChI is InChI=1S/C7H9N3O4S/c1-7(2,15-9-14)3-10-5(12)4(11)8-6(10)13/h3H2,1-2H3,(H,8,11,13). The van der Waals surface area contributed by atoms with E-state index >= 15 is 0 Å². The van der Waals surface area contributed by atoms with Crippen LogP contribution in [0.3, 0.4) is 0 Å². The van der Waals surface area contributed by atoms with Crippen molar-refractivity contribution in [1.29, 1.82) is 0 Å². The third-order valence-electron chi connectivity index (χ3n) is 1.73. The van der Waals surface area contributed by atoms with Gasteiger partial charge in [0.1, 0.15) is 0 Å². The van der Waals surface area contributed by atoms with E-state index in [1.165, 1.54) is 0 Å². The van der Waals surface area contributed by atoms with Gasteiger partial charge < -0.3 is 0 Å². The zero-order valence-electron chi connectivity index (χ0n) is 8.14. The topological polar surface area (TPSA) is 95.9 Å². The van der Waals surface area contributed by atoms with Crippen LogP contribution in [0.5, 0.6) is 0 Å². The van der Waals surface area contributed by atoms with Gasteiger partial charge in [-0.05, 0) is 13.8 Å². The van der Waals surface area contributed by atoms with Crippen LogP contribution in [-0.4, -0.2) is 34.0 Å². The molecule has 0 unspecified atom stereocenters. The molecule has 0 spiro atoms. The van der Waals surface area contributed by atoms with Crippen LogP contribution in [0.4, 0.5) is 4.79 Å². The van der Waals surface area contributed by atoms with E-state index in [9.17, 15) is 19.3 Å². The van der Waals surface area contributed by atoms with Crippen molar-refractivity contribution in [1.82, 2.24) is 10.2 Å². The first-order valence-corrected chi connectivity index (χ1v) is 4.82. The van der Waals surface area contributed by atoms with Crippen LogP contribution in [0.1, 0.15) is 13.8 Å². The smallest absolute Gasteiger partial charge is 0.269 e. The van der Waals surface area contributed by atoms with Crippen LogP contribution in [0.15, 0.2) is 4.58 Å². The van der Waals surface area contributed by atoms with Gasteiger partial charge in [-0.2, -0.15) is 0 Å². The zero-order chi connectivity index (χ0) is 11.6. The molecule has 0 aromatic rings. The fourth-order valence-electron chi connectivity index (χ4n) is 1.09. The van der Waals surface area contributed by atoms with Gasteiger partial charge in [0, 0.05) is 23.1 Å². The molecule has 0 bridgehead atoms. The highest BCUT2D eigenvalue weighted by atomic mass is 32.2. The van der Waals surface area contributed by atoms with Gasteiger partial charge in [-0.15, -0.1) is 4.91 Å². The van der Waals surface area contributed by atoms with Gasteiger partial charge in [0.15, 0.2) is 0 Å². The van der Waals surface area contributed by atoms with Gasteiger partial charge in [-0.1, -0.05) is 0 Å². The Kier molecular flexibility index (Phi) is 3.08. The number of carbonyl (C=O) groups excluding carboxylic acids is 3. The van der Waals surface area contributed by atoms with Gasteiger partial charge in [-0.3, -0.25) is 19.8 Å². The summed E-state index contributed by atoms with van der Waals surface area (Å²) in [6.45, 7) is 3.24. The van der Waals surface area contributed by atoms with Crippen LogP contribution < -0.4 is 5.32 Å². The second-order valence-corrected chi connectivity index (χ2v) is 5.01. The minimum atomic E-state index is -0.945. The Morgan fingerprint density at radius 1 is 1.40 bits per heavy atom. The van der Waals surface area contributed by atoms with Crippen molar-refractivity contribution in [3.8, 4) is 0 Å². The van der Waals surface area contributed by atoms with Gasteiger partial charge >= 0.3 is 17.8 Å². The van der Waals surface area contributed by atoms with Crippen LogP contribution in [0, 0.1) is 4.91 Å². The first-order valence-electron chi connectivity index (χ1n) is 4.05. The molecule has 1 rings (SSSR count). The number of nitrogens with zero attached hydrogens (tertiary/aromatic N) is 2. The first kappa shape index (κ1) is 11.6. The molecule has 7 nitrogen and oxygen atoms in total. The molecule has 4 amide bonds. The maximum Gasteiger partial charge on any atom is 0.331 e. The van der Waals surface area contributed by atoms with E-state index in [1.807, 2.05) is 5.32 Å². The van der Waals surface area contributed by atoms with E-state index in [0.717, 1.165) is 4.90 Å². The molecule has 0 aliphatic carbocycles. The number of urea groups is 1. The van der Waals surface area contributed by atoms with E-state index in [4.69, 9.17) is 0 Å². The first-order chi connectivity index (χ1) is 6.87. The van der Waals surface area contributed by atoms with Crippen molar-refractivity contribution in [2.45, 2.75) is 18.6 Å². The second-order valence-electron chi connectivity index (χ2n) is 3.58. The third-order valence-corrected chi connectivity index (χ3v) is 2.43. The summed E-state index contributed by atoms with van der Waals surface area (Å²) >= 11 is 0.710. The lowest BCUT2D eigenvalue weighted by molar-refractivity contribution is -0.140. The Hall–Kier alpha value is -1.44. The predicted molar refractivity (Wildman–Crippen MR) is 52.7 cm³/mol. The highest BCUT2D eigenvalue weighted by Crippen LogP contribution is 2.26. The van der Waals surface area contributed by atoms with Gasteiger partial charge in [-0.25, -0.2) is 4.79 Å². The van der Waals surface area contributed by atoms with Crippen molar-refractivity contribution in [2.24, 2.45) is 4.58 Å². The minimum absolute atomic E-state index is 0.0419. The van der Waals surface area contributed by atoms with E-state index in [0.29, 0.717) is 11.9 Å². The molecule has 0 aromatic heterocycles. The SMILES string of the molecule is CC(C)(CN1C(=O)NC(=O)C1=O)SN=O. The quantitative estimate of drug-likeness (QED) is 0.324. The maximum atomic E-state index is 11.2. The Labute approximate surface area is 89.7 Å². The lowest BCUT2D eigenvalue weighted by Gasteiger charge is -2.23. The summed E-state index contributed by atoms with van der Waals surface area (Å²) in [5.74, 6) is -1.85. The maximum absolute atomic E-state index is 11.2. The number of carbonyl (C=O) groups is 3. The highest BCUT2D eigenvalue weighted by Gasteiger charge is 2.40. The summed E-state index contributed by atoms with van der Waals surface area (Å²) in [5, 5.41) is 1.86. The van der Waals surface area contributed by atoms with Crippen molar-refractivity contribution < 1.29 is 14.4 Å². The molecule has 8 heteroatoms. The number of hydrogen-bond donors (Lipinski definition) is 1.